The highest BCUT2D eigenvalue weighted by molar-refractivity contribution is 5.84. The summed E-state index contributed by atoms with van der Waals surface area (Å²) in [6.45, 7) is 5.67. The molecule has 2 rings (SSSR count). The molecule has 0 spiro atoms. The van der Waals surface area contributed by atoms with Crippen LogP contribution in [0.4, 0.5) is 16.2 Å². The second-order valence-electron chi connectivity index (χ2n) is 5.30. The van der Waals surface area contributed by atoms with Crippen molar-refractivity contribution in [3.8, 4) is 0 Å². The Balaban J connectivity index is 1.92. The zero-order valence-corrected chi connectivity index (χ0v) is 13.7. The number of ether oxygens (including phenoxy) is 1. The molecule has 23 heavy (non-hydrogen) atoms. The highest BCUT2D eigenvalue weighted by atomic mass is 16.6. The number of benzene rings is 2. The van der Waals surface area contributed by atoms with Crippen LogP contribution < -0.4 is 10.2 Å². The van der Waals surface area contributed by atoms with Crippen LogP contribution in [0.2, 0.25) is 0 Å². The number of anilines is 2. The molecule has 0 saturated carbocycles. The summed E-state index contributed by atoms with van der Waals surface area (Å²) in [6.07, 6.45) is 0.206. The highest BCUT2D eigenvalue weighted by Crippen LogP contribution is 2.15. The number of hydrogen-bond acceptors (Lipinski definition) is 3. The lowest BCUT2D eigenvalue weighted by Crippen LogP contribution is -2.35. The van der Waals surface area contributed by atoms with Crippen molar-refractivity contribution in [2.24, 2.45) is 0 Å². The van der Waals surface area contributed by atoms with Crippen molar-refractivity contribution < 1.29 is 9.53 Å². The Morgan fingerprint density at radius 3 is 2.22 bits per heavy atom. The molecule has 0 aliphatic rings. The standard InChI is InChI=1S/C19H24N2O2/c1-3-18(15-21(4-2)17-13-9-6-10-14-17)23-19(22)20-16-11-7-5-8-12-16/h5-14,18H,3-4,15H2,1-2H3,(H,20,22). The minimum atomic E-state index is -0.410. The highest BCUT2D eigenvalue weighted by Gasteiger charge is 2.16. The number of hydrogen-bond donors (Lipinski definition) is 1. The molecular formula is C19H24N2O2. The fourth-order valence-corrected chi connectivity index (χ4v) is 2.37. The Labute approximate surface area is 138 Å². The summed E-state index contributed by atoms with van der Waals surface area (Å²) >= 11 is 0. The van der Waals surface area contributed by atoms with Crippen LogP contribution in [0.15, 0.2) is 60.7 Å². The van der Waals surface area contributed by atoms with Crippen LogP contribution in [0.5, 0.6) is 0 Å². The molecule has 0 bridgehead atoms. The summed E-state index contributed by atoms with van der Waals surface area (Å²) in [5.74, 6) is 0. The van der Waals surface area contributed by atoms with Crippen molar-refractivity contribution in [1.82, 2.24) is 0 Å². The van der Waals surface area contributed by atoms with Gasteiger partial charge in [0.1, 0.15) is 6.10 Å². The molecule has 4 nitrogen and oxygen atoms in total. The molecule has 1 amide bonds. The summed E-state index contributed by atoms with van der Waals surface area (Å²) < 4.78 is 5.57. The van der Waals surface area contributed by atoms with Crippen molar-refractivity contribution in [3.63, 3.8) is 0 Å². The molecule has 122 valence electrons. The van der Waals surface area contributed by atoms with E-state index in [0.717, 1.165) is 24.3 Å². The summed E-state index contributed by atoms with van der Waals surface area (Å²) in [7, 11) is 0. The van der Waals surface area contributed by atoms with Crippen molar-refractivity contribution in [1.29, 1.82) is 0 Å². The monoisotopic (exact) mass is 312 g/mol. The van der Waals surface area contributed by atoms with E-state index >= 15 is 0 Å². The fourth-order valence-electron chi connectivity index (χ4n) is 2.37. The summed E-state index contributed by atoms with van der Waals surface area (Å²) in [6, 6.07) is 19.5. The van der Waals surface area contributed by atoms with Gasteiger partial charge in [0.05, 0.1) is 6.54 Å². The van der Waals surface area contributed by atoms with Crippen LogP contribution in [-0.4, -0.2) is 25.3 Å². The molecular weight excluding hydrogens is 288 g/mol. The molecule has 0 saturated heterocycles. The van der Waals surface area contributed by atoms with Crippen molar-refractivity contribution >= 4 is 17.5 Å². The first kappa shape index (κ1) is 16.9. The van der Waals surface area contributed by atoms with Crippen molar-refractivity contribution in [2.45, 2.75) is 26.4 Å². The lowest BCUT2D eigenvalue weighted by atomic mass is 10.2. The van der Waals surface area contributed by atoms with Crippen LogP contribution in [0.25, 0.3) is 0 Å². The van der Waals surface area contributed by atoms with E-state index in [-0.39, 0.29) is 6.10 Å². The molecule has 1 atom stereocenters. The predicted molar refractivity (Wildman–Crippen MR) is 95.0 cm³/mol. The molecule has 0 aromatic heterocycles. The van der Waals surface area contributed by atoms with Crippen molar-refractivity contribution in [3.05, 3.63) is 60.7 Å². The van der Waals surface area contributed by atoms with Gasteiger partial charge in [-0.05, 0) is 37.6 Å². The number of amides is 1. The Kier molecular flexibility index (Phi) is 6.48. The van der Waals surface area contributed by atoms with Gasteiger partial charge < -0.3 is 9.64 Å². The molecule has 2 aromatic carbocycles. The van der Waals surface area contributed by atoms with Crippen molar-refractivity contribution in [2.75, 3.05) is 23.3 Å². The lowest BCUT2D eigenvalue weighted by molar-refractivity contribution is 0.111. The zero-order valence-electron chi connectivity index (χ0n) is 13.7. The lowest BCUT2D eigenvalue weighted by Gasteiger charge is -2.27. The van der Waals surface area contributed by atoms with E-state index < -0.39 is 6.09 Å². The smallest absolute Gasteiger partial charge is 0.411 e. The molecule has 0 aliphatic carbocycles. The maximum atomic E-state index is 12.0. The first-order valence-corrected chi connectivity index (χ1v) is 8.05. The normalized spacial score (nSPS) is 11.6. The quantitative estimate of drug-likeness (QED) is 0.816. The predicted octanol–water partition coefficient (Wildman–Crippen LogP) is 4.54. The molecule has 2 aromatic rings. The Morgan fingerprint density at radius 2 is 1.65 bits per heavy atom. The van der Waals surface area contributed by atoms with Gasteiger partial charge in [-0.2, -0.15) is 0 Å². The second-order valence-corrected chi connectivity index (χ2v) is 5.30. The Hall–Kier alpha value is -2.49. The van der Waals surface area contributed by atoms with Crippen LogP contribution in [0.3, 0.4) is 0 Å². The maximum absolute atomic E-state index is 12.0. The molecule has 1 unspecified atom stereocenters. The average molecular weight is 312 g/mol. The van der Waals surface area contributed by atoms with Crippen LogP contribution >= 0.6 is 0 Å². The largest absolute Gasteiger partial charge is 0.444 e. The van der Waals surface area contributed by atoms with E-state index in [0.29, 0.717) is 6.54 Å². The Bertz CT molecular complexity index is 587. The zero-order chi connectivity index (χ0) is 16.5. The molecule has 0 heterocycles. The molecule has 0 aliphatic heterocycles. The minimum absolute atomic E-state index is 0.154. The fraction of sp³-hybridized carbons (Fsp3) is 0.316. The van der Waals surface area contributed by atoms with Gasteiger partial charge in [0.15, 0.2) is 0 Å². The number of carbonyl (C=O) groups is 1. The van der Waals surface area contributed by atoms with E-state index in [2.05, 4.69) is 29.3 Å². The third-order valence-electron chi connectivity index (χ3n) is 3.68. The molecule has 4 heteroatoms. The first-order chi connectivity index (χ1) is 11.2. The van der Waals surface area contributed by atoms with Gasteiger partial charge in [-0.25, -0.2) is 4.79 Å². The van der Waals surface area contributed by atoms with E-state index in [1.54, 1.807) is 0 Å². The van der Waals surface area contributed by atoms with Gasteiger partial charge >= 0.3 is 6.09 Å². The van der Waals surface area contributed by atoms with Crippen LogP contribution in [0.1, 0.15) is 20.3 Å². The molecule has 0 radical (unpaired) electrons. The van der Waals surface area contributed by atoms with Crippen LogP contribution in [-0.2, 0) is 4.74 Å². The average Bonchev–Trinajstić information content (AvgIpc) is 2.60. The number of nitrogens with one attached hydrogen (secondary N) is 1. The van der Waals surface area contributed by atoms with Gasteiger partial charge in [-0.3, -0.25) is 5.32 Å². The van der Waals surface area contributed by atoms with E-state index in [1.165, 1.54) is 0 Å². The van der Waals surface area contributed by atoms with E-state index in [9.17, 15) is 4.79 Å². The van der Waals surface area contributed by atoms with E-state index in [4.69, 9.17) is 4.74 Å². The van der Waals surface area contributed by atoms with Gasteiger partial charge in [-0.15, -0.1) is 0 Å². The molecule has 1 N–H and O–H groups in total. The third-order valence-corrected chi connectivity index (χ3v) is 3.68. The van der Waals surface area contributed by atoms with Gasteiger partial charge in [0, 0.05) is 17.9 Å². The number of carbonyl (C=O) groups excluding carboxylic acids is 1. The van der Waals surface area contributed by atoms with Gasteiger partial charge in [-0.1, -0.05) is 43.3 Å². The third kappa shape index (κ3) is 5.33. The summed E-state index contributed by atoms with van der Waals surface area (Å²) in [5, 5.41) is 2.76. The van der Waals surface area contributed by atoms with Gasteiger partial charge in [0.2, 0.25) is 0 Å². The van der Waals surface area contributed by atoms with Gasteiger partial charge in [0.25, 0.3) is 0 Å². The number of rotatable bonds is 7. The maximum Gasteiger partial charge on any atom is 0.411 e. The SMILES string of the molecule is CCC(CN(CC)c1ccccc1)OC(=O)Nc1ccccc1. The second kappa shape index (κ2) is 8.83. The number of likely N-dealkylation sites (N-methyl/N-ethyl adjacent to an activating group) is 1. The molecule has 0 fully saturated rings. The summed E-state index contributed by atoms with van der Waals surface area (Å²) in [4.78, 5) is 14.2. The van der Waals surface area contributed by atoms with E-state index in [1.807, 2.05) is 55.5 Å². The topological polar surface area (TPSA) is 41.6 Å². The number of nitrogens with zero attached hydrogens (tertiary/aromatic N) is 1. The minimum Gasteiger partial charge on any atom is -0.444 e. The first-order valence-electron chi connectivity index (χ1n) is 8.05. The Morgan fingerprint density at radius 1 is 1.04 bits per heavy atom. The number of para-hydroxylation sites is 2. The summed E-state index contributed by atoms with van der Waals surface area (Å²) in [5.41, 5.74) is 1.88. The van der Waals surface area contributed by atoms with Crippen LogP contribution in [0, 0.1) is 0 Å².